The first kappa shape index (κ1) is 13.6. The van der Waals surface area contributed by atoms with Crippen LogP contribution < -0.4 is 10.6 Å². The van der Waals surface area contributed by atoms with Gasteiger partial charge in [0.2, 0.25) is 0 Å². The van der Waals surface area contributed by atoms with Crippen molar-refractivity contribution >= 4 is 17.5 Å². The number of amides is 2. The van der Waals surface area contributed by atoms with Gasteiger partial charge in [0.15, 0.2) is 0 Å². The lowest BCUT2D eigenvalue weighted by Gasteiger charge is -2.07. The van der Waals surface area contributed by atoms with Crippen LogP contribution in [0.25, 0.3) is 0 Å². The molecule has 0 aliphatic rings. The predicted octanol–water partition coefficient (Wildman–Crippen LogP) is 1.65. The van der Waals surface area contributed by atoms with Crippen LogP contribution in [0.15, 0.2) is 54.6 Å². The number of carbonyl (C=O) groups is 2. The van der Waals surface area contributed by atoms with Gasteiger partial charge >= 0.3 is 11.8 Å². The highest BCUT2D eigenvalue weighted by Crippen LogP contribution is 2.21. The Balaban J connectivity index is 1.90. The monoisotopic (exact) mass is 270 g/mol. The molecule has 2 aromatic carbocycles. The maximum absolute atomic E-state index is 11.7. The fourth-order valence-corrected chi connectivity index (χ4v) is 1.62. The Labute approximate surface area is 116 Å². The van der Waals surface area contributed by atoms with E-state index in [2.05, 4.69) is 10.6 Å². The van der Waals surface area contributed by atoms with Crippen molar-refractivity contribution in [3.63, 3.8) is 0 Å². The molecule has 0 saturated heterocycles. The zero-order chi connectivity index (χ0) is 14.4. The quantitative estimate of drug-likeness (QED) is 0.586. The average molecular weight is 270 g/mol. The van der Waals surface area contributed by atoms with Gasteiger partial charge in [0.05, 0.1) is 5.69 Å². The number of rotatable bonds is 3. The lowest BCUT2D eigenvalue weighted by Crippen LogP contribution is -2.34. The zero-order valence-corrected chi connectivity index (χ0v) is 10.7. The molecule has 20 heavy (non-hydrogen) atoms. The molecule has 2 aromatic rings. The normalized spacial score (nSPS) is 9.80. The Hall–Kier alpha value is -2.82. The molecule has 5 heteroatoms. The van der Waals surface area contributed by atoms with Crippen molar-refractivity contribution in [2.75, 3.05) is 5.32 Å². The van der Waals surface area contributed by atoms with Crippen molar-refractivity contribution in [3.05, 3.63) is 60.2 Å². The number of para-hydroxylation sites is 2. The molecule has 0 radical (unpaired) electrons. The van der Waals surface area contributed by atoms with E-state index >= 15 is 0 Å². The standard InChI is InChI=1S/C15H14N2O3/c18-13-9-5-4-8-12(13)17-15(20)14(19)16-10-11-6-2-1-3-7-11/h1-9,18H,10H2,(H,16,19)(H,17,20). The van der Waals surface area contributed by atoms with E-state index in [1.54, 1.807) is 12.1 Å². The first-order valence-corrected chi connectivity index (χ1v) is 6.08. The Morgan fingerprint density at radius 1 is 0.900 bits per heavy atom. The fourth-order valence-electron chi connectivity index (χ4n) is 1.62. The van der Waals surface area contributed by atoms with Gasteiger partial charge < -0.3 is 15.7 Å². The minimum atomic E-state index is -0.817. The molecule has 102 valence electrons. The summed E-state index contributed by atoms with van der Waals surface area (Å²) in [5.41, 5.74) is 1.10. The highest BCUT2D eigenvalue weighted by atomic mass is 16.3. The highest BCUT2D eigenvalue weighted by molar-refractivity contribution is 6.39. The van der Waals surface area contributed by atoms with Gasteiger partial charge in [0.1, 0.15) is 5.75 Å². The molecule has 0 atom stereocenters. The van der Waals surface area contributed by atoms with Gasteiger partial charge in [-0.1, -0.05) is 42.5 Å². The molecule has 2 amide bonds. The summed E-state index contributed by atoms with van der Waals surface area (Å²) < 4.78 is 0. The minimum absolute atomic E-state index is 0.0864. The number of phenolic OH excluding ortho intramolecular Hbond substituents is 1. The largest absolute Gasteiger partial charge is 0.506 e. The first-order chi connectivity index (χ1) is 9.66. The molecule has 0 spiro atoms. The number of nitrogens with one attached hydrogen (secondary N) is 2. The smallest absolute Gasteiger partial charge is 0.313 e. The van der Waals surface area contributed by atoms with Crippen LogP contribution in [-0.4, -0.2) is 16.9 Å². The molecule has 0 heterocycles. The van der Waals surface area contributed by atoms with Crippen LogP contribution in [0.1, 0.15) is 5.56 Å². The molecule has 5 nitrogen and oxygen atoms in total. The molecule has 0 unspecified atom stereocenters. The third-order valence-electron chi connectivity index (χ3n) is 2.65. The molecular weight excluding hydrogens is 256 g/mol. The maximum Gasteiger partial charge on any atom is 0.313 e. The molecule has 3 N–H and O–H groups in total. The van der Waals surface area contributed by atoms with Gasteiger partial charge in [-0.05, 0) is 17.7 Å². The summed E-state index contributed by atoms with van der Waals surface area (Å²) >= 11 is 0. The van der Waals surface area contributed by atoms with E-state index in [9.17, 15) is 14.7 Å². The van der Waals surface area contributed by atoms with Crippen molar-refractivity contribution in [2.45, 2.75) is 6.54 Å². The highest BCUT2D eigenvalue weighted by Gasteiger charge is 2.14. The Morgan fingerprint density at radius 3 is 2.25 bits per heavy atom. The second kappa shape index (κ2) is 6.38. The molecule has 0 fully saturated rings. The van der Waals surface area contributed by atoms with E-state index < -0.39 is 11.8 Å². The summed E-state index contributed by atoms with van der Waals surface area (Å²) in [5, 5.41) is 14.4. The van der Waals surface area contributed by atoms with Gasteiger partial charge in [-0.3, -0.25) is 9.59 Å². The molecule has 0 bridgehead atoms. The summed E-state index contributed by atoms with van der Waals surface area (Å²) in [6.07, 6.45) is 0. The molecule has 0 aliphatic carbocycles. The Kier molecular flexibility index (Phi) is 4.34. The van der Waals surface area contributed by atoms with Crippen LogP contribution in [0, 0.1) is 0 Å². The number of anilines is 1. The minimum Gasteiger partial charge on any atom is -0.506 e. The molecule has 2 rings (SSSR count). The van der Waals surface area contributed by atoms with Crippen molar-refractivity contribution in [1.29, 1.82) is 0 Å². The van der Waals surface area contributed by atoms with Crippen molar-refractivity contribution in [1.82, 2.24) is 5.32 Å². The number of hydrogen-bond acceptors (Lipinski definition) is 3. The lowest BCUT2D eigenvalue weighted by atomic mass is 10.2. The van der Waals surface area contributed by atoms with Gasteiger partial charge in [-0.15, -0.1) is 0 Å². The number of carbonyl (C=O) groups excluding carboxylic acids is 2. The third-order valence-corrected chi connectivity index (χ3v) is 2.65. The van der Waals surface area contributed by atoms with Crippen LogP contribution in [0.5, 0.6) is 5.75 Å². The summed E-state index contributed by atoms with van der Waals surface area (Å²) in [5.74, 6) is -1.66. The fraction of sp³-hybridized carbons (Fsp3) is 0.0667. The third kappa shape index (κ3) is 3.58. The second-order valence-corrected chi connectivity index (χ2v) is 4.14. The van der Waals surface area contributed by atoms with Crippen molar-refractivity contribution in [3.8, 4) is 5.75 Å². The van der Waals surface area contributed by atoms with Gasteiger partial charge in [-0.25, -0.2) is 0 Å². The molecule has 0 aliphatic heterocycles. The lowest BCUT2D eigenvalue weighted by molar-refractivity contribution is -0.136. The average Bonchev–Trinajstić information content (AvgIpc) is 2.48. The van der Waals surface area contributed by atoms with Crippen LogP contribution in [-0.2, 0) is 16.1 Å². The SMILES string of the molecule is O=C(NCc1ccccc1)C(=O)Nc1ccccc1O. The van der Waals surface area contributed by atoms with Crippen LogP contribution in [0.3, 0.4) is 0 Å². The van der Waals surface area contributed by atoms with E-state index in [0.717, 1.165) is 5.56 Å². The summed E-state index contributed by atoms with van der Waals surface area (Å²) in [6.45, 7) is 0.272. The van der Waals surface area contributed by atoms with Gasteiger partial charge in [0, 0.05) is 6.54 Å². The number of hydrogen-bond donors (Lipinski definition) is 3. The van der Waals surface area contributed by atoms with Gasteiger partial charge in [-0.2, -0.15) is 0 Å². The maximum atomic E-state index is 11.7. The number of aromatic hydroxyl groups is 1. The van der Waals surface area contributed by atoms with E-state index in [4.69, 9.17) is 0 Å². The van der Waals surface area contributed by atoms with Crippen molar-refractivity contribution < 1.29 is 14.7 Å². The number of benzene rings is 2. The topological polar surface area (TPSA) is 78.4 Å². The Morgan fingerprint density at radius 2 is 1.55 bits per heavy atom. The first-order valence-electron chi connectivity index (χ1n) is 6.08. The number of phenols is 1. The molecular formula is C15H14N2O3. The van der Waals surface area contributed by atoms with Crippen LogP contribution in [0.2, 0.25) is 0 Å². The molecule has 0 aromatic heterocycles. The summed E-state index contributed by atoms with van der Waals surface area (Å²) in [4.78, 5) is 23.3. The van der Waals surface area contributed by atoms with E-state index in [-0.39, 0.29) is 18.0 Å². The van der Waals surface area contributed by atoms with Crippen LogP contribution >= 0.6 is 0 Å². The summed E-state index contributed by atoms with van der Waals surface area (Å²) in [6, 6.07) is 15.5. The van der Waals surface area contributed by atoms with E-state index in [1.165, 1.54) is 12.1 Å². The van der Waals surface area contributed by atoms with Crippen LogP contribution in [0.4, 0.5) is 5.69 Å². The van der Waals surface area contributed by atoms with Gasteiger partial charge in [0.25, 0.3) is 0 Å². The zero-order valence-electron chi connectivity index (χ0n) is 10.7. The second-order valence-electron chi connectivity index (χ2n) is 4.14. The van der Waals surface area contributed by atoms with E-state index in [1.807, 2.05) is 30.3 Å². The summed E-state index contributed by atoms with van der Waals surface area (Å²) in [7, 11) is 0. The Bertz CT molecular complexity index is 612. The molecule has 0 saturated carbocycles. The predicted molar refractivity (Wildman–Crippen MR) is 75.0 cm³/mol. The van der Waals surface area contributed by atoms with Crippen molar-refractivity contribution in [2.24, 2.45) is 0 Å². The van der Waals surface area contributed by atoms with E-state index in [0.29, 0.717) is 0 Å².